The van der Waals surface area contributed by atoms with Crippen molar-refractivity contribution in [1.82, 2.24) is 4.90 Å². The molecule has 3 aromatic rings. The number of carbonyl (C=O) groups is 1. The van der Waals surface area contributed by atoms with Crippen LogP contribution in [-0.4, -0.2) is 36.6 Å². The third-order valence-corrected chi connectivity index (χ3v) is 4.53. The summed E-state index contributed by atoms with van der Waals surface area (Å²) in [7, 11) is 3.85. The highest BCUT2D eigenvalue weighted by Crippen LogP contribution is 2.24. The predicted octanol–water partition coefficient (Wildman–Crippen LogP) is 3.47. The first-order chi connectivity index (χ1) is 12.0. The van der Waals surface area contributed by atoms with Crippen molar-refractivity contribution >= 4 is 27.5 Å². The second-order valence-electron chi connectivity index (χ2n) is 6.58. The minimum absolute atomic E-state index is 0.0256. The van der Waals surface area contributed by atoms with E-state index in [-0.39, 0.29) is 5.43 Å². The van der Waals surface area contributed by atoms with Crippen LogP contribution in [0.3, 0.4) is 0 Å². The molecular formula is C21H21NO3. The van der Waals surface area contributed by atoms with Crippen molar-refractivity contribution in [1.29, 1.82) is 0 Å². The number of benzene rings is 2. The Kier molecular flexibility index (Phi) is 4.81. The minimum Gasteiger partial charge on any atom is -0.481 e. The van der Waals surface area contributed by atoms with E-state index in [2.05, 4.69) is 0 Å². The van der Waals surface area contributed by atoms with Crippen molar-refractivity contribution in [3.8, 4) is 0 Å². The van der Waals surface area contributed by atoms with Crippen LogP contribution in [0, 0.1) is 0 Å². The van der Waals surface area contributed by atoms with Crippen LogP contribution in [0.1, 0.15) is 17.9 Å². The maximum absolute atomic E-state index is 12.8. The molecule has 4 nitrogen and oxygen atoms in total. The molecule has 1 N–H and O–H groups in total. The van der Waals surface area contributed by atoms with Crippen molar-refractivity contribution in [3.05, 3.63) is 70.4 Å². The highest BCUT2D eigenvalue weighted by atomic mass is 16.4. The molecule has 4 heteroatoms. The molecular weight excluding hydrogens is 314 g/mol. The van der Waals surface area contributed by atoms with Gasteiger partial charge in [0.15, 0.2) is 5.43 Å². The smallest absolute Gasteiger partial charge is 0.311 e. The third kappa shape index (κ3) is 3.54. The van der Waals surface area contributed by atoms with Gasteiger partial charge in [0, 0.05) is 10.8 Å². The number of nitrogens with zero attached hydrogens (tertiary/aromatic N) is 1. The topological polar surface area (TPSA) is 57.6 Å². The summed E-state index contributed by atoms with van der Waals surface area (Å²) >= 11 is 0. The number of carboxylic acid groups (broad SMARTS) is 1. The Morgan fingerprint density at radius 3 is 2.40 bits per heavy atom. The van der Waals surface area contributed by atoms with Gasteiger partial charge in [0.1, 0.15) is 0 Å². The zero-order chi connectivity index (χ0) is 18.0. The summed E-state index contributed by atoms with van der Waals surface area (Å²) in [6.45, 7) is 0.689. The minimum atomic E-state index is -0.839. The van der Waals surface area contributed by atoms with Crippen molar-refractivity contribution < 1.29 is 9.90 Å². The fourth-order valence-corrected chi connectivity index (χ4v) is 3.14. The number of carboxylic acids is 1. The molecule has 0 radical (unpaired) electrons. The monoisotopic (exact) mass is 335 g/mol. The van der Waals surface area contributed by atoms with Gasteiger partial charge in [0.05, 0.1) is 5.92 Å². The van der Waals surface area contributed by atoms with E-state index >= 15 is 0 Å². The summed E-state index contributed by atoms with van der Waals surface area (Å²) in [6.07, 6.45) is 0.527. The first-order valence-corrected chi connectivity index (χ1v) is 8.30. The maximum Gasteiger partial charge on any atom is 0.311 e. The summed E-state index contributed by atoms with van der Waals surface area (Å²) < 4.78 is 0. The molecule has 0 fully saturated rings. The van der Waals surface area contributed by atoms with E-state index in [9.17, 15) is 14.7 Å². The van der Waals surface area contributed by atoms with Crippen LogP contribution < -0.4 is 5.43 Å². The van der Waals surface area contributed by atoms with E-state index < -0.39 is 11.9 Å². The zero-order valence-corrected chi connectivity index (χ0v) is 14.4. The zero-order valence-electron chi connectivity index (χ0n) is 14.4. The predicted molar refractivity (Wildman–Crippen MR) is 101 cm³/mol. The van der Waals surface area contributed by atoms with Crippen molar-refractivity contribution in [2.45, 2.75) is 12.3 Å². The Bertz CT molecular complexity index is 995. The van der Waals surface area contributed by atoms with E-state index in [0.29, 0.717) is 23.7 Å². The van der Waals surface area contributed by atoms with Gasteiger partial charge in [-0.25, -0.2) is 0 Å². The molecule has 0 heterocycles. The first-order valence-electron chi connectivity index (χ1n) is 8.30. The Morgan fingerprint density at radius 2 is 1.68 bits per heavy atom. The quantitative estimate of drug-likeness (QED) is 0.776. The van der Waals surface area contributed by atoms with E-state index in [1.807, 2.05) is 61.5 Å². The molecule has 1 atom stereocenters. The number of aliphatic carboxylic acids is 1. The van der Waals surface area contributed by atoms with Crippen molar-refractivity contribution in [3.63, 3.8) is 0 Å². The Hall–Kier alpha value is -2.72. The molecule has 0 aliphatic carbocycles. The van der Waals surface area contributed by atoms with Crippen LogP contribution >= 0.6 is 0 Å². The molecule has 0 spiro atoms. The molecule has 0 aromatic heterocycles. The highest BCUT2D eigenvalue weighted by molar-refractivity contribution is 5.94. The summed E-state index contributed by atoms with van der Waals surface area (Å²) in [5.74, 6) is -1.42. The van der Waals surface area contributed by atoms with Crippen LogP contribution in [0.25, 0.3) is 21.5 Å². The Balaban J connectivity index is 2.15. The molecule has 0 aliphatic heterocycles. The van der Waals surface area contributed by atoms with Crippen molar-refractivity contribution in [2.75, 3.05) is 20.6 Å². The normalized spacial score (nSPS) is 12.6. The number of fused-ring (bicyclic) bond motifs is 2. The fourth-order valence-electron chi connectivity index (χ4n) is 3.14. The van der Waals surface area contributed by atoms with Gasteiger partial charge in [-0.1, -0.05) is 54.6 Å². The van der Waals surface area contributed by atoms with Crippen LogP contribution in [0.4, 0.5) is 0 Å². The lowest BCUT2D eigenvalue weighted by Gasteiger charge is -2.16. The SMILES string of the molecule is CN(C)CCC(C(=O)O)c1ccc2c(=O)c3ccccc3ccc2c1. The highest BCUT2D eigenvalue weighted by Gasteiger charge is 2.20. The molecule has 0 saturated carbocycles. The largest absolute Gasteiger partial charge is 0.481 e. The van der Waals surface area contributed by atoms with Crippen LogP contribution in [0.2, 0.25) is 0 Å². The number of hydrogen-bond donors (Lipinski definition) is 1. The van der Waals surface area contributed by atoms with Gasteiger partial charge in [0.2, 0.25) is 0 Å². The van der Waals surface area contributed by atoms with Crippen LogP contribution in [0.15, 0.2) is 59.4 Å². The van der Waals surface area contributed by atoms with Gasteiger partial charge in [-0.2, -0.15) is 0 Å². The molecule has 3 aromatic carbocycles. The summed E-state index contributed by atoms with van der Waals surface area (Å²) in [4.78, 5) is 26.5. The molecule has 0 saturated heterocycles. The Morgan fingerprint density at radius 1 is 1.00 bits per heavy atom. The molecule has 1 unspecified atom stereocenters. The second-order valence-corrected chi connectivity index (χ2v) is 6.58. The van der Waals surface area contributed by atoms with Gasteiger partial charge in [-0.15, -0.1) is 0 Å². The lowest BCUT2D eigenvalue weighted by molar-refractivity contribution is -0.139. The van der Waals surface area contributed by atoms with E-state index in [1.165, 1.54) is 0 Å². The van der Waals surface area contributed by atoms with Gasteiger partial charge in [-0.05, 0) is 43.4 Å². The summed E-state index contributed by atoms with van der Waals surface area (Å²) in [5, 5.41) is 12.5. The average molecular weight is 335 g/mol. The second kappa shape index (κ2) is 7.03. The Labute approximate surface area is 146 Å². The number of rotatable bonds is 5. The van der Waals surface area contributed by atoms with E-state index in [0.717, 1.165) is 16.3 Å². The van der Waals surface area contributed by atoms with Gasteiger partial charge in [-0.3, -0.25) is 9.59 Å². The average Bonchev–Trinajstić information content (AvgIpc) is 2.72. The maximum atomic E-state index is 12.8. The third-order valence-electron chi connectivity index (χ3n) is 4.53. The molecule has 0 amide bonds. The molecule has 3 rings (SSSR count). The van der Waals surface area contributed by atoms with Crippen molar-refractivity contribution in [2.24, 2.45) is 0 Å². The fraction of sp³-hybridized carbons (Fsp3) is 0.238. The lowest BCUT2D eigenvalue weighted by atomic mass is 9.94. The first kappa shape index (κ1) is 17.1. The van der Waals surface area contributed by atoms with Gasteiger partial charge >= 0.3 is 5.97 Å². The molecule has 128 valence electrons. The molecule has 0 aliphatic rings. The lowest BCUT2D eigenvalue weighted by Crippen LogP contribution is -2.20. The van der Waals surface area contributed by atoms with E-state index in [4.69, 9.17) is 0 Å². The van der Waals surface area contributed by atoms with E-state index in [1.54, 1.807) is 12.1 Å². The van der Waals surface area contributed by atoms with Crippen LogP contribution in [-0.2, 0) is 4.79 Å². The van der Waals surface area contributed by atoms with Gasteiger partial charge in [0.25, 0.3) is 0 Å². The standard InChI is InChI=1S/C21H21NO3/c1-22(2)12-11-19(21(24)25)16-9-10-18-15(13-16)8-7-14-5-3-4-6-17(14)20(18)23/h3-10,13,19H,11-12H2,1-2H3,(H,24,25). The van der Waals surface area contributed by atoms with Crippen LogP contribution in [0.5, 0.6) is 0 Å². The molecule has 25 heavy (non-hydrogen) atoms. The summed E-state index contributed by atoms with van der Waals surface area (Å²) in [5.41, 5.74) is 0.707. The number of hydrogen-bond acceptors (Lipinski definition) is 3. The van der Waals surface area contributed by atoms with Gasteiger partial charge < -0.3 is 10.0 Å². The molecule has 0 bridgehead atoms. The summed E-state index contributed by atoms with van der Waals surface area (Å²) in [6, 6.07) is 16.7.